The van der Waals surface area contributed by atoms with Gasteiger partial charge in [0.05, 0.1) is 6.61 Å². The molecule has 0 atom stereocenters. The van der Waals surface area contributed by atoms with Gasteiger partial charge in [-0.3, -0.25) is 4.90 Å². The van der Waals surface area contributed by atoms with E-state index in [1.54, 1.807) is 0 Å². The van der Waals surface area contributed by atoms with Crippen LogP contribution in [0.5, 0.6) is 5.75 Å². The Balaban J connectivity index is 1.41. The molecule has 5 heteroatoms. The first-order chi connectivity index (χ1) is 12.2. The molecule has 1 aliphatic heterocycles. The summed E-state index contributed by atoms with van der Waals surface area (Å²) >= 11 is 5.94. The molecule has 0 aliphatic carbocycles. The molecule has 1 aromatic heterocycles. The summed E-state index contributed by atoms with van der Waals surface area (Å²) < 4.78 is 5.57. The number of halogens is 1. The van der Waals surface area contributed by atoms with E-state index in [0.717, 1.165) is 54.0 Å². The summed E-state index contributed by atoms with van der Waals surface area (Å²) in [5.41, 5.74) is 4.76. The second kappa shape index (κ2) is 6.90. The summed E-state index contributed by atoms with van der Waals surface area (Å²) in [6, 6.07) is 14.2. The molecule has 3 aromatic rings. The quantitative estimate of drug-likeness (QED) is 0.743. The lowest BCUT2D eigenvalue weighted by Crippen LogP contribution is -2.17. The number of nitrogens with one attached hydrogen (secondary N) is 1. The Bertz CT molecular complexity index is 873. The average Bonchev–Trinajstić information content (AvgIpc) is 3.24. The Morgan fingerprint density at radius 2 is 2.00 bits per heavy atom. The van der Waals surface area contributed by atoms with Gasteiger partial charge in [-0.25, -0.2) is 4.98 Å². The SMILES string of the molecule is CN(Cc1ccc2c(c1)CCO2)Cc1cnc(-c2ccc(Cl)cc2)[nH]1. The molecule has 0 amide bonds. The number of rotatable bonds is 5. The summed E-state index contributed by atoms with van der Waals surface area (Å²) in [5, 5.41) is 0.731. The lowest BCUT2D eigenvalue weighted by molar-refractivity contribution is 0.315. The lowest BCUT2D eigenvalue weighted by atomic mass is 10.1. The van der Waals surface area contributed by atoms with Crippen molar-refractivity contribution in [1.82, 2.24) is 14.9 Å². The minimum Gasteiger partial charge on any atom is -0.493 e. The van der Waals surface area contributed by atoms with Crippen molar-refractivity contribution < 1.29 is 4.74 Å². The minimum atomic E-state index is 0.731. The van der Waals surface area contributed by atoms with Gasteiger partial charge in [-0.2, -0.15) is 0 Å². The van der Waals surface area contributed by atoms with E-state index in [2.05, 4.69) is 40.1 Å². The fourth-order valence-electron chi connectivity index (χ4n) is 3.19. The molecule has 128 valence electrons. The predicted octanol–water partition coefficient (Wildman–Crippen LogP) is 4.30. The molecule has 0 spiro atoms. The third-order valence-corrected chi connectivity index (χ3v) is 4.64. The van der Waals surface area contributed by atoms with Crippen molar-refractivity contribution in [3.63, 3.8) is 0 Å². The van der Waals surface area contributed by atoms with Crippen LogP contribution in [0, 0.1) is 0 Å². The van der Waals surface area contributed by atoms with Crippen molar-refractivity contribution in [2.75, 3.05) is 13.7 Å². The van der Waals surface area contributed by atoms with E-state index in [9.17, 15) is 0 Å². The first kappa shape index (κ1) is 16.2. The molecule has 1 N–H and O–H groups in total. The van der Waals surface area contributed by atoms with E-state index in [0.29, 0.717) is 0 Å². The van der Waals surface area contributed by atoms with Crippen molar-refractivity contribution in [1.29, 1.82) is 0 Å². The highest BCUT2D eigenvalue weighted by molar-refractivity contribution is 6.30. The van der Waals surface area contributed by atoms with Crippen molar-refractivity contribution in [3.8, 4) is 17.1 Å². The van der Waals surface area contributed by atoms with Crippen molar-refractivity contribution in [2.45, 2.75) is 19.5 Å². The average molecular weight is 354 g/mol. The van der Waals surface area contributed by atoms with Crippen LogP contribution in [-0.2, 0) is 19.5 Å². The number of nitrogens with zero attached hydrogens (tertiary/aromatic N) is 2. The molecular weight excluding hydrogens is 334 g/mol. The van der Waals surface area contributed by atoms with Crippen LogP contribution in [-0.4, -0.2) is 28.5 Å². The van der Waals surface area contributed by atoms with Crippen LogP contribution in [0.15, 0.2) is 48.7 Å². The molecular formula is C20H20ClN3O. The second-order valence-corrected chi connectivity index (χ2v) is 6.91. The predicted molar refractivity (Wildman–Crippen MR) is 99.8 cm³/mol. The molecule has 0 bridgehead atoms. The number of hydrogen-bond acceptors (Lipinski definition) is 3. The standard InChI is InChI=1S/C20H20ClN3O/c1-24(12-14-2-7-19-16(10-14)8-9-25-19)13-18-11-22-20(23-18)15-3-5-17(21)6-4-15/h2-7,10-11H,8-9,12-13H2,1H3,(H,22,23). The number of ether oxygens (including phenoxy) is 1. The summed E-state index contributed by atoms with van der Waals surface area (Å²) in [6.45, 7) is 2.51. The van der Waals surface area contributed by atoms with Crippen molar-refractivity contribution in [3.05, 3.63) is 70.5 Å². The maximum absolute atomic E-state index is 5.94. The molecule has 0 fully saturated rings. The Hall–Kier alpha value is -2.30. The first-order valence-corrected chi connectivity index (χ1v) is 8.78. The molecule has 4 nitrogen and oxygen atoms in total. The highest BCUT2D eigenvalue weighted by Crippen LogP contribution is 2.26. The summed E-state index contributed by atoms with van der Waals surface area (Å²) in [6.07, 6.45) is 2.91. The van der Waals surface area contributed by atoms with E-state index in [1.165, 1.54) is 11.1 Å². The van der Waals surface area contributed by atoms with E-state index in [-0.39, 0.29) is 0 Å². The van der Waals surface area contributed by atoms with Crippen LogP contribution in [0.1, 0.15) is 16.8 Å². The number of hydrogen-bond donors (Lipinski definition) is 1. The van der Waals surface area contributed by atoms with Gasteiger partial charge in [0, 0.05) is 42.0 Å². The third kappa shape index (κ3) is 3.70. The van der Waals surface area contributed by atoms with Gasteiger partial charge in [0.25, 0.3) is 0 Å². The van der Waals surface area contributed by atoms with Crippen LogP contribution in [0.4, 0.5) is 0 Å². The zero-order valence-electron chi connectivity index (χ0n) is 14.1. The van der Waals surface area contributed by atoms with Gasteiger partial charge in [0.1, 0.15) is 11.6 Å². The zero-order chi connectivity index (χ0) is 17.2. The normalized spacial score (nSPS) is 13.1. The highest BCUT2D eigenvalue weighted by Gasteiger charge is 2.13. The van der Waals surface area contributed by atoms with Crippen LogP contribution in [0.2, 0.25) is 5.02 Å². The smallest absolute Gasteiger partial charge is 0.137 e. The van der Waals surface area contributed by atoms with E-state index >= 15 is 0 Å². The van der Waals surface area contributed by atoms with Gasteiger partial charge in [-0.15, -0.1) is 0 Å². The minimum absolute atomic E-state index is 0.731. The van der Waals surface area contributed by atoms with Crippen LogP contribution < -0.4 is 4.74 Å². The van der Waals surface area contributed by atoms with Crippen molar-refractivity contribution in [2.24, 2.45) is 0 Å². The molecule has 4 rings (SSSR count). The molecule has 0 unspecified atom stereocenters. The largest absolute Gasteiger partial charge is 0.493 e. The third-order valence-electron chi connectivity index (χ3n) is 4.39. The molecule has 2 aromatic carbocycles. The number of benzene rings is 2. The van der Waals surface area contributed by atoms with Gasteiger partial charge in [-0.1, -0.05) is 23.7 Å². The van der Waals surface area contributed by atoms with Crippen LogP contribution in [0.3, 0.4) is 0 Å². The summed E-state index contributed by atoms with van der Waals surface area (Å²) in [4.78, 5) is 10.1. The number of aromatic amines is 1. The molecule has 0 saturated heterocycles. The fraction of sp³-hybridized carbons (Fsp3) is 0.250. The van der Waals surface area contributed by atoms with Gasteiger partial charge in [0.2, 0.25) is 0 Å². The number of aromatic nitrogens is 2. The topological polar surface area (TPSA) is 41.1 Å². The molecule has 1 aliphatic rings. The Kier molecular flexibility index (Phi) is 4.47. The van der Waals surface area contributed by atoms with Crippen LogP contribution >= 0.6 is 11.6 Å². The maximum Gasteiger partial charge on any atom is 0.137 e. The number of H-pyrrole nitrogens is 1. The zero-order valence-corrected chi connectivity index (χ0v) is 14.9. The molecule has 0 saturated carbocycles. The molecule has 25 heavy (non-hydrogen) atoms. The van der Waals surface area contributed by atoms with Crippen molar-refractivity contribution >= 4 is 11.6 Å². The maximum atomic E-state index is 5.94. The van der Waals surface area contributed by atoms with E-state index in [4.69, 9.17) is 16.3 Å². The molecule has 0 radical (unpaired) electrons. The van der Waals surface area contributed by atoms with Gasteiger partial charge in [0.15, 0.2) is 0 Å². The van der Waals surface area contributed by atoms with Gasteiger partial charge < -0.3 is 9.72 Å². The Morgan fingerprint density at radius 1 is 1.16 bits per heavy atom. The van der Waals surface area contributed by atoms with Gasteiger partial charge in [-0.05, 0) is 48.5 Å². The number of fused-ring (bicyclic) bond motifs is 1. The summed E-state index contributed by atoms with van der Waals surface area (Å²) in [5.74, 6) is 1.90. The lowest BCUT2D eigenvalue weighted by Gasteiger charge is -2.16. The van der Waals surface area contributed by atoms with Gasteiger partial charge >= 0.3 is 0 Å². The fourth-order valence-corrected chi connectivity index (χ4v) is 3.32. The van der Waals surface area contributed by atoms with E-state index < -0.39 is 0 Å². The van der Waals surface area contributed by atoms with Crippen LogP contribution in [0.25, 0.3) is 11.4 Å². The Morgan fingerprint density at radius 3 is 2.84 bits per heavy atom. The first-order valence-electron chi connectivity index (χ1n) is 8.40. The highest BCUT2D eigenvalue weighted by atomic mass is 35.5. The summed E-state index contributed by atoms with van der Waals surface area (Å²) in [7, 11) is 2.12. The monoisotopic (exact) mass is 353 g/mol. The number of imidazole rings is 1. The second-order valence-electron chi connectivity index (χ2n) is 6.48. The molecule has 2 heterocycles. The Labute approximate surface area is 152 Å². The van der Waals surface area contributed by atoms with E-state index in [1.807, 2.05) is 30.5 Å².